The van der Waals surface area contributed by atoms with Crippen molar-refractivity contribution in [3.8, 4) is 11.5 Å². The Morgan fingerprint density at radius 1 is 1.17 bits per heavy atom. The summed E-state index contributed by atoms with van der Waals surface area (Å²) in [6.07, 6.45) is 3.49. The van der Waals surface area contributed by atoms with Crippen LogP contribution in [0, 0.1) is 6.92 Å². The molecule has 0 aliphatic heterocycles. The first-order chi connectivity index (χ1) is 14.3. The summed E-state index contributed by atoms with van der Waals surface area (Å²) in [4.78, 5) is 0.0180. The molecule has 0 aliphatic carbocycles. The number of methoxy groups -OCH3 is 1. The Bertz CT molecular complexity index is 1150. The molecule has 158 valence electrons. The number of aromatic nitrogens is 1. The molecule has 7 nitrogen and oxygen atoms in total. The Kier molecular flexibility index (Phi) is 6.84. The third-order valence-corrected chi connectivity index (χ3v) is 6.03. The molecule has 0 spiro atoms. The van der Waals surface area contributed by atoms with Gasteiger partial charge in [-0.15, -0.1) is 0 Å². The lowest BCUT2D eigenvalue weighted by atomic mass is 10.2. The lowest BCUT2D eigenvalue weighted by molar-refractivity contribution is 0.331. The number of anilines is 1. The molecule has 0 saturated heterocycles. The van der Waals surface area contributed by atoms with Gasteiger partial charge in [0.2, 0.25) is 0 Å². The van der Waals surface area contributed by atoms with E-state index in [1.807, 2.05) is 24.3 Å². The molecule has 0 saturated carbocycles. The summed E-state index contributed by atoms with van der Waals surface area (Å²) in [5.41, 5.74) is 1.53. The maximum atomic E-state index is 13.1. The van der Waals surface area contributed by atoms with Crippen LogP contribution in [0.3, 0.4) is 0 Å². The van der Waals surface area contributed by atoms with Crippen molar-refractivity contribution in [2.45, 2.75) is 18.7 Å². The number of hydrogen-bond acceptors (Lipinski definition) is 6. The minimum absolute atomic E-state index is 0.0180. The van der Waals surface area contributed by atoms with Gasteiger partial charge in [0, 0.05) is 4.47 Å². The van der Waals surface area contributed by atoms with E-state index in [1.165, 1.54) is 6.07 Å². The van der Waals surface area contributed by atoms with E-state index in [0.717, 1.165) is 11.3 Å². The monoisotopic (exact) mass is 492 g/mol. The highest BCUT2D eigenvalue weighted by Gasteiger charge is 2.24. The molecule has 0 amide bonds. The minimum atomic E-state index is -3.95. The van der Waals surface area contributed by atoms with Gasteiger partial charge in [0.25, 0.3) is 10.0 Å². The lowest BCUT2D eigenvalue weighted by Crippen LogP contribution is -2.15. The molecule has 0 aliphatic rings. The maximum absolute atomic E-state index is 13.1. The topological polar surface area (TPSA) is 90.7 Å². The molecule has 1 N–H and O–H groups in total. The van der Waals surface area contributed by atoms with Gasteiger partial charge in [-0.2, -0.15) is 0 Å². The molecule has 3 aromatic rings. The summed E-state index contributed by atoms with van der Waals surface area (Å²) >= 11 is 3.31. The van der Waals surface area contributed by atoms with Crippen LogP contribution >= 0.6 is 15.9 Å². The minimum Gasteiger partial charge on any atom is -0.497 e. The molecule has 0 atom stereocenters. The zero-order valence-electron chi connectivity index (χ0n) is 16.7. The number of sulfonamides is 1. The van der Waals surface area contributed by atoms with Gasteiger partial charge in [-0.3, -0.25) is 4.72 Å². The predicted octanol–water partition coefficient (Wildman–Crippen LogP) is 5.12. The van der Waals surface area contributed by atoms with Gasteiger partial charge in [-0.05, 0) is 55.8 Å². The lowest BCUT2D eigenvalue weighted by Gasteiger charge is -2.12. The van der Waals surface area contributed by atoms with Gasteiger partial charge in [0.1, 0.15) is 27.8 Å². The second-order valence-electron chi connectivity index (χ2n) is 6.24. The number of halogens is 1. The Labute approximate surface area is 183 Å². The summed E-state index contributed by atoms with van der Waals surface area (Å²) in [5.74, 6) is 1.36. The molecule has 9 heteroatoms. The summed E-state index contributed by atoms with van der Waals surface area (Å²) in [7, 11) is -2.35. The molecule has 0 unspecified atom stereocenters. The van der Waals surface area contributed by atoms with Gasteiger partial charge in [0.15, 0.2) is 5.76 Å². The fraction of sp³-hybridized carbons (Fsp3) is 0.190. The second-order valence-corrected chi connectivity index (χ2v) is 8.80. The third kappa shape index (κ3) is 5.03. The summed E-state index contributed by atoms with van der Waals surface area (Å²) < 4.78 is 45.2. The van der Waals surface area contributed by atoms with E-state index >= 15 is 0 Å². The van der Waals surface area contributed by atoms with Gasteiger partial charge in [0.05, 0.1) is 13.7 Å². The Hall–Kier alpha value is -2.78. The zero-order chi connectivity index (χ0) is 21.7. The number of ether oxygens (including phenoxy) is 2. The molecule has 0 radical (unpaired) electrons. The Morgan fingerprint density at radius 2 is 1.90 bits per heavy atom. The van der Waals surface area contributed by atoms with Crippen molar-refractivity contribution >= 4 is 43.8 Å². The van der Waals surface area contributed by atoms with E-state index in [0.29, 0.717) is 22.5 Å². The van der Waals surface area contributed by atoms with Crippen molar-refractivity contribution < 1.29 is 22.4 Å². The molecule has 3 rings (SSSR count). The van der Waals surface area contributed by atoms with E-state index in [-0.39, 0.29) is 16.3 Å². The number of nitrogens with one attached hydrogen (secondary N) is 1. The van der Waals surface area contributed by atoms with E-state index in [1.54, 1.807) is 45.2 Å². The van der Waals surface area contributed by atoms with Gasteiger partial charge in [-0.1, -0.05) is 39.3 Å². The number of hydrogen-bond donors (Lipinski definition) is 1. The standard InChI is InChI=1S/C21H21BrN2O5S/c1-4-28-19-12-8-16(22)13-20(19)30(25,26)24-21-14(2)29-23-18(21)11-7-15-5-9-17(27-3)10-6-15/h5-13,24H,4H2,1-3H3/b11-7+. The van der Waals surface area contributed by atoms with E-state index in [2.05, 4.69) is 25.8 Å². The number of nitrogens with zero attached hydrogens (tertiary/aromatic N) is 1. The van der Waals surface area contributed by atoms with Crippen LogP contribution in [-0.4, -0.2) is 27.3 Å². The molecule has 0 fully saturated rings. The first kappa shape index (κ1) is 21.9. The Morgan fingerprint density at radius 3 is 2.57 bits per heavy atom. The summed E-state index contributed by atoms with van der Waals surface area (Å²) in [6, 6.07) is 12.2. The van der Waals surface area contributed by atoms with Gasteiger partial charge in [-0.25, -0.2) is 8.42 Å². The number of aryl methyl sites for hydroxylation is 1. The highest BCUT2D eigenvalue weighted by atomic mass is 79.9. The van der Waals surface area contributed by atoms with Crippen molar-refractivity contribution in [1.29, 1.82) is 0 Å². The smallest absolute Gasteiger partial charge is 0.265 e. The van der Waals surface area contributed by atoms with Crippen molar-refractivity contribution in [1.82, 2.24) is 5.16 Å². The Balaban J connectivity index is 1.91. The van der Waals surface area contributed by atoms with E-state index in [4.69, 9.17) is 14.0 Å². The zero-order valence-corrected chi connectivity index (χ0v) is 19.1. The number of rotatable bonds is 8. The third-order valence-electron chi connectivity index (χ3n) is 4.17. The van der Waals surface area contributed by atoms with Crippen LogP contribution < -0.4 is 14.2 Å². The first-order valence-corrected chi connectivity index (χ1v) is 11.3. The average molecular weight is 493 g/mol. The van der Waals surface area contributed by atoms with Crippen LogP contribution in [0.5, 0.6) is 11.5 Å². The SMILES string of the molecule is CCOc1ccc(Br)cc1S(=O)(=O)Nc1c(/C=C/c2ccc(OC)cc2)noc1C. The van der Waals surface area contributed by atoms with Crippen LogP contribution in [0.4, 0.5) is 5.69 Å². The average Bonchev–Trinajstić information content (AvgIpc) is 3.07. The molecule has 30 heavy (non-hydrogen) atoms. The molecule has 2 aromatic carbocycles. The number of benzene rings is 2. The molecular formula is C21H21BrN2O5S. The quantitative estimate of drug-likeness (QED) is 0.468. The van der Waals surface area contributed by atoms with Crippen molar-refractivity contribution in [3.05, 3.63) is 64.0 Å². The predicted molar refractivity (Wildman–Crippen MR) is 119 cm³/mol. The van der Waals surface area contributed by atoms with Crippen LogP contribution in [-0.2, 0) is 10.0 Å². The highest BCUT2D eigenvalue weighted by molar-refractivity contribution is 9.10. The normalized spacial score (nSPS) is 11.6. The first-order valence-electron chi connectivity index (χ1n) is 9.07. The van der Waals surface area contributed by atoms with Crippen LogP contribution in [0.15, 0.2) is 56.4 Å². The largest absolute Gasteiger partial charge is 0.497 e. The van der Waals surface area contributed by atoms with Crippen molar-refractivity contribution in [2.75, 3.05) is 18.4 Å². The molecular weight excluding hydrogens is 472 g/mol. The van der Waals surface area contributed by atoms with Crippen molar-refractivity contribution in [3.63, 3.8) is 0 Å². The van der Waals surface area contributed by atoms with Gasteiger partial charge < -0.3 is 14.0 Å². The van der Waals surface area contributed by atoms with Crippen LogP contribution in [0.1, 0.15) is 23.9 Å². The summed E-state index contributed by atoms with van der Waals surface area (Å²) in [6.45, 7) is 3.77. The summed E-state index contributed by atoms with van der Waals surface area (Å²) in [5, 5.41) is 3.96. The van der Waals surface area contributed by atoms with Gasteiger partial charge >= 0.3 is 0 Å². The molecule has 0 bridgehead atoms. The van der Waals surface area contributed by atoms with Crippen LogP contribution in [0.25, 0.3) is 12.2 Å². The maximum Gasteiger partial charge on any atom is 0.265 e. The van der Waals surface area contributed by atoms with E-state index in [9.17, 15) is 8.42 Å². The highest BCUT2D eigenvalue weighted by Crippen LogP contribution is 2.31. The van der Waals surface area contributed by atoms with Crippen molar-refractivity contribution in [2.24, 2.45) is 0 Å². The molecule has 1 heterocycles. The fourth-order valence-corrected chi connectivity index (χ4v) is 4.49. The fourth-order valence-electron chi connectivity index (χ4n) is 2.67. The second kappa shape index (κ2) is 9.36. The van der Waals surface area contributed by atoms with E-state index < -0.39 is 10.0 Å². The van der Waals surface area contributed by atoms with Crippen LogP contribution in [0.2, 0.25) is 0 Å². The molecule has 1 aromatic heterocycles.